The van der Waals surface area contributed by atoms with Crippen molar-refractivity contribution in [2.75, 3.05) is 39.6 Å². The first-order valence-corrected chi connectivity index (χ1v) is 11.7. The summed E-state index contributed by atoms with van der Waals surface area (Å²) in [6.07, 6.45) is 22.1. The zero-order valence-corrected chi connectivity index (χ0v) is 19.9. The molecule has 1 heterocycles. The van der Waals surface area contributed by atoms with Gasteiger partial charge in [-0.2, -0.15) is 0 Å². The Kier molecular flexibility index (Phi) is 10.4. The highest BCUT2D eigenvalue weighted by atomic mass is 16.7. The van der Waals surface area contributed by atoms with Crippen LogP contribution in [0.2, 0.25) is 0 Å². The van der Waals surface area contributed by atoms with Crippen molar-refractivity contribution in [3.05, 3.63) is 94.8 Å². The van der Waals surface area contributed by atoms with E-state index in [1.807, 2.05) is 77.0 Å². The van der Waals surface area contributed by atoms with Crippen LogP contribution in [0, 0.1) is 94.8 Å². The largest absolute Gasteiger partial charge is 0.432 e. The highest BCUT2D eigenvalue weighted by Crippen LogP contribution is 2.26. The molecule has 4 fully saturated rings. The van der Waals surface area contributed by atoms with Gasteiger partial charge in [-0.3, -0.25) is 9.59 Å². The van der Waals surface area contributed by atoms with Gasteiger partial charge >= 0.3 is 6.09 Å². The molecule has 0 atom stereocenters. The van der Waals surface area contributed by atoms with Crippen LogP contribution in [0.5, 0.6) is 0 Å². The van der Waals surface area contributed by atoms with Gasteiger partial charge in [0.05, 0.1) is 39.6 Å². The van der Waals surface area contributed by atoms with E-state index in [0.717, 1.165) is 17.8 Å². The molecule has 4 aliphatic rings. The molecule has 9 nitrogen and oxygen atoms in total. The Balaban J connectivity index is 1.40. The first kappa shape index (κ1) is 27.3. The molecule has 1 N–H and O–H groups in total. The minimum Gasteiger partial charge on any atom is -0.378 e. The van der Waals surface area contributed by atoms with E-state index in [9.17, 15) is 14.4 Å². The van der Waals surface area contributed by atoms with Crippen molar-refractivity contribution in [1.29, 1.82) is 0 Å². The maximum absolute atomic E-state index is 12.8. The third-order valence-corrected chi connectivity index (χ3v) is 5.68. The van der Waals surface area contributed by atoms with Crippen LogP contribution in [0.4, 0.5) is 4.79 Å². The molecule has 1 aliphatic heterocycles. The molecule has 1 saturated heterocycles. The van der Waals surface area contributed by atoms with Crippen LogP contribution in [-0.4, -0.2) is 68.2 Å². The highest BCUT2D eigenvalue weighted by Gasteiger charge is 2.39. The lowest BCUT2D eigenvalue weighted by atomic mass is 10.0. The maximum Gasteiger partial charge on any atom is 0.432 e. The number of hydrogen-bond donors (Lipinski definition) is 1. The fourth-order valence-electron chi connectivity index (χ4n) is 3.84. The molecule has 0 aromatic heterocycles. The van der Waals surface area contributed by atoms with Gasteiger partial charge in [0.15, 0.2) is 0 Å². The van der Waals surface area contributed by atoms with E-state index in [4.69, 9.17) is 19.0 Å². The topological polar surface area (TPSA) is 103 Å². The van der Waals surface area contributed by atoms with E-state index in [0.29, 0.717) is 24.9 Å². The maximum atomic E-state index is 12.8. The smallest absolute Gasteiger partial charge is 0.378 e. The summed E-state index contributed by atoms with van der Waals surface area (Å²) < 4.78 is 17.9. The number of nitrogens with one attached hydrogen (secondary N) is 1. The average Bonchev–Trinajstić information content (AvgIpc) is 3.67. The minimum absolute atomic E-state index is 0.00549. The van der Waals surface area contributed by atoms with Crippen LogP contribution in [0.3, 0.4) is 0 Å². The third kappa shape index (κ3) is 8.15. The standard InChI is InChI=1S/C27H29N2O7/c30-24-13-14-25(31)29(24)36-26(32)28-27(18-33-15-21-7-1-2-8-21,19-34-16-22-9-3-4-10-22)20-35-17-23-11-5-6-12-23/h1-12H,13-20H2,(H,28,32). The minimum atomic E-state index is -1.16. The Hall–Kier alpha value is -1.71. The van der Waals surface area contributed by atoms with E-state index in [2.05, 4.69) is 5.32 Å². The summed E-state index contributed by atoms with van der Waals surface area (Å²) in [5.74, 6) is 1.82. The summed E-state index contributed by atoms with van der Waals surface area (Å²) in [5.41, 5.74) is -1.16. The molecule has 189 valence electrons. The number of carbonyl (C=O) groups is 3. The molecule has 0 aromatic rings. The molecule has 0 spiro atoms. The second kappa shape index (κ2) is 13.7. The molecular weight excluding hydrogens is 464 g/mol. The molecule has 36 heavy (non-hydrogen) atoms. The molecule has 0 bridgehead atoms. The van der Waals surface area contributed by atoms with Crippen LogP contribution in [0.15, 0.2) is 0 Å². The molecule has 3 aliphatic carbocycles. The van der Waals surface area contributed by atoms with Crippen molar-refractivity contribution >= 4 is 17.9 Å². The monoisotopic (exact) mass is 493 g/mol. The van der Waals surface area contributed by atoms with Crippen LogP contribution in [-0.2, 0) is 28.6 Å². The van der Waals surface area contributed by atoms with Gasteiger partial charge in [0, 0.05) is 30.6 Å². The molecule has 3 saturated carbocycles. The summed E-state index contributed by atoms with van der Waals surface area (Å²) in [5, 5.41) is 3.26. The Morgan fingerprint density at radius 1 is 0.694 bits per heavy atom. The second-order valence-corrected chi connectivity index (χ2v) is 8.72. The average molecular weight is 494 g/mol. The van der Waals surface area contributed by atoms with E-state index >= 15 is 0 Å². The van der Waals surface area contributed by atoms with Crippen molar-refractivity contribution in [2.45, 2.75) is 18.4 Å². The van der Waals surface area contributed by atoms with Crippen LogP contribution in [0.1, 0.15) is 12.8 Å². The predicted octanol–water partition coefficient (Wildman–Crippen LogP) is 1.78. The van der Waals surface area contributed by atoms with E-state index in [1.165, 1.54) is 0 Å². The zero-order chi connectivity index (χ0) is 25.2. The molecule has 4 rings (SSSR count). The molecule has 0 unspecified atom stereocenters. The first-order valence-electron chi connectivity index (χ1n) is 11.7. The van der Waals surface area contributed by atoms with Crippen molar-refractivity contribution in [1.82, 2.24) is 10.4 Å². The van der Waals surface area contributed by atoms with Crippen molar-refractivity contribution in [2.24, 2.45) is 0 Å². The van der Waals surface area contributed by atoms with Gasteiger partial charge in [-0.25, -0.2) is 4.79 Å². The number of hydrogen-bond acceptors (Lipinski definition) is 7. The molecule has 9 heteroatoms. The molecule has 15 radical (unpaired) electrons. The lowest BCUT2D eigenvalue weighted by Gasteiger charge is -2.34. The fraction of sp³-hybridized carbons (Fsp3) is 0.333. The third-order valence-electron chi connectivity index (χ3n) is 5.68. The predicted molar refractivity (Wildman–Crippen MR) is 127 cm³/mol. The number of rotatable bonds is 14. The quantitative estimate of drug-likeness (QED) is 0.368. The number of amides is 3. The molecule has 0 aromatic carbocycles. The van der Waals surface area contributed by atoms with Gasteiger partial charge in [0.25, 0.3) is 11.8 Å². The van der Waals surface area contributed by atoms with Crippen LogP contribution in [0.25, 0.3) is 0 Å². The zero-order valence-electron chi connectivity index (χ0n) is 19.9. The van der Waals surface area contributed by atoms with E-state index in [-0.39, 0.29) is 32.7 Å². The summed E-state index contributed by atoms with van der Waals surface area (Å²) in [6.45, 7) is 1.08. The lowest BCUT2D eigenvalue weighted by molar-refractivity contribution is -0.172. The normalized spacial score (nSPS) is 22.3. The number of ether oxygens (including phenoxy) is 3. The van der Waals surface area contributed by atoms with Crippen LogP contribution >= 0.6 is 0 Å². The van der Waals surface area contributed by atoms with Crippen molar-refractivity contribution in [3.8, 4) is 0 Å². The fourth-order valence-corrected chi connectivity index (χ4v) is 3.84. The number of carbonyl (C=O) groups excluding carboxylic acids is 3. The Bertz CT molecular complexity index is 657. The van der Waals surface area contributed by atoms with Gasteiger partial charge in [-0.05, 0) is 77.0 Å². The highest BCUT2D eigenvalue weighted by molar-refractivity contribution is 6.01. The lowest BCUT2D eigenvalue weighted by Crippen LogP contribution is -2.59. The van der Waals surface area contributed by atoms with E-state index < -0.39 is 23.4 Å². The Labute approximate surface area is 214 Å². The van der Waals surface area contributed by atoms with Gasteiger partial charge in [-0.15, -0.1) is 5.06 Å². The van der Waals surface area contributed by atoms with E-state index in [1.54, 1.807) is 0 Å². The van der Waals surface area contributed by atoms with Crippen molar-refractivity contribution in [3.63, 3.8) is 0 Å². The summed E-state index contributed by atoms with van der Waals surface area (Å²) in [7, 11) is 0. The van der Waals surface area contributed by atoms with Gasteiger partial charge in [0.2, 0.25) is 0 Å². The number of nitrogens with zero attached hydrogens (tertiary/aromatic N) is 1. The first-order chi connectivity index (χ1) is 17.5. The Morgan fingerprint density at radius 3 is 1.42 bits per heavy atom. The Morgan fingerprint density at radius 2 is 1.06 bits per heavy atom. The number of hydroxylamine groups is 2. The second-order valence-electron chi connectivity index (χ2n) is 8.72. The van der Waals surface area contributed by atoms with Gasteiger partial charge in [0.1, 0.15) is 5.54 Å². The summed E-state index contributed by atoms with van der Waals surface area (Å²) >= 11 is 0. The van der Waals surface area contributed by atoms with Crippen molar-refractivity contribution < 1.29 is 33.4 Å². The van der Waals surface area contributed by atoms with Crippen LogP contribution < -0.4 is 5.32 Å². The molecular formula is C27H29N2O7. The SMILES string of the molecule is O=C(NC(COC[C]1[CH][CH][CH][CH]1)(COC[C]1[CH][CH][CH][CH]1)COC[C]1[CH][CH][CH][CH]1)ON1C(=O)CCC1=O. The summed E-state index contributed by atoms with van der Waals surface area (Å²) in [4.78, 5) is 41.7. The summed E-state index contributed by atoms with van der Waals surface area (Å²) in [6, 6.07) is 0. The van der Waals surface area contributed by atoms with Gasteiger partial charge < -0.3 is 24.4 Å². The van der Waals surface area contributed by atoms with Gasteiger partial charge in [-0.1, -0.05) is 0 Å². The molecule has 3 amide bonds. The number of imide groups is 1.